The molecular weight excluding hydrogens is 540 g/mol. The van der Waals surface area contributed by atoms with E-state index in [-0.39, 0.29) is 36.8 Å². The molecule has 2 heterocycles. The lowest BCUT2D eigenvalue weighted by atomic mass is 9.97. The highest BCUT2D eigenvalue weighted by molar-refractivity contribution is 6.07. The van der Waals surface area contributed by atoms with Crippen molar-refractivity contribution in [1.29, 1.82) is 0 Å². The minimum absolute atomic E-state index is 0.00368. The molecule has 4 aromatic rings. The molecule has 0 bridgehead atoms. The SMILES string of the molecule is Cc1ccc(-c2c(C(=O)NCc3cc(C(F)(F)F)cc(C(F)(F)F)c3)n(CCCO)c(=O)c3ncccc23)cc1. The Morgan fingerprint density at radius 3 is 2.17 bits per heavy atom. The average molecular weight is 563 g/mol. The van der Waals surface area contributed by atoms with E-state index in [1.807, 2.05) is 6.92 Å². The van der Waals surface area contributed by atoms with Gasteiger partial charge in [0.25, 0.3) is 11.5 Å². The molecule has 0 unspecified atom stereocenters. The second kappa shape index (κ2) is 11.1. The van der Waals surface area contributed by atoms with Crippen LogP contribution in [-0.2, 0) is 25.4 Å². The lowest BCUT2D eigenvalue weighted by Crippen LogP contribution is -2.34. The number of alkyl halides is 6. The lowest BCUT2D eigenvalue weighted by molar-refractivity contribution is -0.143. The Kier molecular flexibility index (Phi) is 8.01. The maximum Gasteiger partial charge on any atom is 0.416 e. The highest BCUT2D eigenvalue weighted by atomic mass is 19.4. The van der Waals surface area contributed by atoms with Gasteiger partial charge in [-0.05, 0) is 48.7 Å². The van der Waals surface area contributed by atoms with Crippen LogP contribution in [0.1, 0.15) is 39.2 Å². The zero-order valence-corrected chi connectivity index (χ0v) is 21.0. The van der Waals surface area contributed by atoms with Crippen LogP contribution in [0.2, 0.25) is 0 Å². The third-order valence-electron chi connectivity index (χ3n) is 6.23. The molecule has 2 aromatic carbocycles. The van der Waals surface area contributed by atoms with Crippen LogP contribution in [0.25, 0.3) is 22.0 Å². The van der Waals surface area contributed by atoms with Crippen molar-refractivity contribution >= 4 is 16.8 Å². The molecule has 0 aliphatic carbocycles. The Labute approximate surface area is 223 Å². The fraction of sp³-hybridized carbons (Fsp3) is 0.250. The molecule has 0 aliphatic heterocycles. The van der Waals surface area contributed by atoms with Gasteiger partial charge in [-0.2, -0.15) is 26.3 Å². The molecule has 12 heteroatoms. The zero-order chi connectivity index (χ0) is 29.2. The summed E-state index contributed by atoms with van der Waals surface area (Å²) in [7, 11) is 0. The molecule has 4 rings (SSSR count). The summed E-state index contributed by atoms with van der Waals surface area (Å²) < 4.78 is 81.0. The van der Waals surface area contributed by atoms with Crippen LogP contribution < -0.4 is 10.9 Å². The number of pyridine rings is 2. The maximum absolute atomic E-state index is 13.6. The predicted octanol–water partition coefficient (Wildman–Crippen LogP) is 5.72. The smallest absolute Gasteiger partial charge is 0.396 e. The molecule has 1 amide bonds. The van der Waals surface area contributed by atoms with Gasteiger partial charge in [0.1, 0.15) is 11.2 Å². The first kappa shape index (κ1) is 28.8. The number of amides is 1. The quantitative estimate of drug-likeness (QED) is 0.282. The fourth-order valence-corrected chi connectivity index (χ4v) is 4.35. The van der Waals surface area contributed by atoms with E-state index < -0.39 is 47.1 Å². The fourth-order valence-electron chi connectivity index (χ4n) is 4.35. The van der Waals surface area contributed by atoms with Crippen molar-refractivity contribution in [1.82, 2.24) is 14.9 Å². The van der Waals surface area contributed by atoms with Crippen molar-refractivity contribution in [3.8, 4) is 11.1 Å². The third-order valence-corrected chi connectivity index (χ3v) is 6.23. The number of aromatic nitrogens is 2. The summed E-state index contributed by atoms with van der Waals surface area (Å²) in [6.45, 7) is 0.769. The molecule has 0 atom stereocenters. The number of aliphatic hydroxyl groups is 1. The molecule has 6 nitrogen and oxygen atoms in total. The van der Waals surface area contributed by atoms with Crippen molar-refractivity contribution in [3.63, 3.8) is 0 Å². The molecule has 40 heavy (non-hydrogen) atoms. The van der Waals surface area contributed by atoms with E-state index in [9.17, 15) is 41.0 Å². The van der Waals surface area contributed by atoms with Gasteiger partial charge in [-0.3, -0.25) is 14.6 Å². The van der Waals surface area contributed by atoms with Crippen LogP contribution in [0.5, 0.6) is 0 Å². The molecule has 210 valence electrons. The Morgan fingerprint density at radius 2 is 1.60 bits per heavy atom. The van der Waals surface area contributed by atoms with Crippen LogP contribution in [0.4, 0.5) is 26.3 Å². The summed E-state index contributed by atoms with van der Waals surface area (Å²) in [5.41, 5.74) is -2.44. The van der Waals surface area contributed by atoms with Gasteiger partial charge in [-0.15, -0.1) is 0 Å². The van der Waals surface area contributed by atoms with Gasteiger partial charge in [0, 0.05) is 36.8 Å². The number of nitrogens with zero attached hydrogens (tertiary/aromatic N) is 2. The zero-order valence-electron chi connectivity index (χ0n) is 21.0. The van der Waals surface area contributed by atoms with Crippen molar-refractivity contribution in [3.05, 3.63) is 99.1 Å². The van der Waals surface area contributed by atoms with Crippen LogP contribution >= 0.6 is 0 Å². The number of nitrogens with one attached hydrogen (secondary N) is 1. The molecule has 0 saturated heterocycles. The third kappa shape index (κ3) is 6.01. The first-order valence-electron chi connectivity index (χ1n) is 12.1. The number of rotatable bonds is 7. The lowest BCUT2D eigenvalue weighted by Gasteiger charge is -2.20. The summed E-state index contributed by atoms with van der Waals surface area (Å²) in [5, 5.41) is 12.1. The van der Waals surface area contributed by atoms with E-state index >= 15 is 0 Å². The van der Waals surface area contributed by atoms with Gasteiger partial charge in [0.2, 0.25) is 0 Å². The highest BCUT2D eigenvalue weighted by Gasteiger charge is 2.37. The molecule has 0 spiro atoms. The number of aliphatic hydroxyl groups excluding tert-OH is 1. The highest BCUT2D eigenvalue weighted by Crippen LogP contribution is 2.36. The number of aryl methyl sites for hydroxylation is 1. The molecule has 2 N–H and O–H groups in total. The normalized spacial score (nSPS) is 12.1. The molecule has 0 fully saturated rings. The van der Waals surface area contributed by atoms with Crippen molar-refractivity contribution < 1.29 is 36.2 Å². The minimum atomic E-state index is -5.05. The summed E-state index contributed by atoms with van der Waals surface area (Å²) in [6.07, 6.45) is -8.59. The van der Waals surface area contributed by atoms with Crippen LogP contribution in [-0.4, -0.2) is 27.2 Å². The van der Waals surface area contributed by atoms with Crippen LogP contribution in [0, 0.1) is 6.92 Å². The largest absolute Gasteiger partial charge is 0.416 e. The monoisotopic (exact) mass is 563 g/mol. The molecular formula is C28H23F6N3O3. The standard InChI is InChI=1S/C28H23F6N3O3/c1-16-5-7-18(8-6-16)22-21-4-2-9-35-23(21)26(40)37(10-3-11-38)24(22)25(39)36-15-17-12-19(27(29,30)31)14-20(13-17)28(32,33)34/h2,4-9,12-14,38H,3,10-11,15H2,1H3,(H,36,39). The van der Waals surface area contributed by atoms with Crippen molar-refractivity contribution in [2.24, 2.45) is 0 Å². The predicted molar refractivity (Wildman–Crippen MR) is 135 cm³/mol. The average Bonchev–Trinajstić information content (AvgIpc) is 2.90. The van der Waals surface area contributed by atoms with Gasteiger partial charge in [-0.1, -0.05) is 35.9 Å². The molecule has 2 aromatic heterocycles. The number of halogens is 6. The molecule has 0 saturated carbocycles. The number of hydrogen-bond donors (Lipinski definition) is 2. The Morgan fingerprint density at radius 1 is 0.975 bits per heavy atom. The number of fused-ring (bicyclic) bond motifs is 1. The van der Waals surface area contributed by atoms with Gasteiger partial charge in [-0.25, -0.2) is 0 Å². The van der Waals surface area contributed by atoms with E-state index in [0.717, 1.165) is 10.1 Å². The first-order chi connectivity index (χ1) is 18.8. The number of benzene rings is 2. The minimum Gasteiger partial charge on any atom is -0.396 e. The van der Waals surface area contributed by atoms with E-state index in [0.29, 0.717) is 28.6 Å². The van der Waals surface area contributed by atoms with Crippen molar-refractivity contribution in [2.45, 2.75) is 38.8 Å². The summed E-state index contributed by atoms with van der Waals surface area (Å²) in [4.78, 5) is 31.2. The Bertz CT molecular complexity index is 1580. The second-order valence-electron chi connectivity index (χ2n) is 9.12. The first-order valence-corrected chi connectivity index (χ1v) is 12.1. The van der Waals surface area contributed by atoms with E-state index in [1.165, 1.54) is 6.20 Å². The Balaban J connectivity index is 1.86. The van der Waals surface area contributed by atoms with Gasteiger partial charge >= 0.3 is 12.4 Å². The maximum atomic E-state index is 13.6. The van der Waals surface area contributed by atoms with E-state index in [4.69, 9.17) is 0 Å². The van der Waals surface area contributed by atoms with E-state index in [2.05, 4.69) is 10.3 Å². The second-order valence-corrected chi connectivity index (χ2v) is 9.12. The Hall–Kier alpha value is -4.19. The summed E-state index contributed by atoms with van der Waals surface area (Å²) in [5.74, 6) is -0.901. The van der Waals surface area contributed by atoms with Crippen LogP contribution in [0.3, 0.4) is 0 Å². The van der Waals surface area contributed by atoms with Gasteiger partial charge in [0.05, 0.1) is 11.1 Å². The number of carbonyl (C=O) groups excluding carboxylic acids is 1. The molecule has 0 radical (unpaired) electrons. The van der Waals surface area contributed by atoms with Gasteiger partial charge in [0.15, 0.2) is 0 Å². The van der Waals surface area contributed by atoms with E-state index in [1.54, 1.807) is 36.4 Å². The summed E-state index contributed by atoms with van der Waals surface area (Å²) in [6, 6.07) is 11.2. The van der Waals surface area contributed by atoms with Crippen molar-refractivity contribution in [2.75, 3.05) is 6.61 Å². The summed E-state index contributed by atoms with van der Waals surface area (Å²) >= 11 is 0. The number of hydrogen-bond acceptors (Lipinski definition) is 4. The van der Waals surface area contributed by atoms with Gasteiger partial charge < -0.3 is 15.0 Å². The molecule has 0 aliphatic rings. The van der Waals surface area contributed by atoms with Crippen LogP contribution in [0.15, 0.2) is 65.6 Å². The number of carbonyl (C=O) groups is 1. The topological polar surface area (TPSA) is 84.2 Å².